The maximum atomic E-state index is 12.3. The lowest BCUT2D eigenvalue weighted by atomic mass is 10.1. The molecule has 0 saturated carbocycles. The molecule has 0 radical (unpaired) electrons. The predicted octanol–water partition coefficient (Wildman–Crippen LogP) is 2.16. The first-order valence-corrected chi connectivity index (χ1v) is 8.90. The van der Waals surface area contributed by atoms with Crippen LogP contribution in [0.5, 0.6) is 0 Å². The van der Waals surface area contributed by atoms with Crippen LogP contribution in [0.25, 0.3) is 0 Å². The maximum Gasteiger partial charge on any atom is 0.269 e. The normalized spacial score (nSPS) is 16.6. The first-order chi connectivity index (χ1) is 12.4. The molecular weight excluding hydrogens is 402 g/mol. The zero-order valence-corrected chi connectivity index (χ0v) is 15.7. The molecule has 2 heterocycles. The number of hydrogen-bond acceptors (Lipinski definition) is 4. The predicted molar refractivity (Wildman–Crippen MR) is 96.7 cm³/mol. The van der Waals surface area contributed by atoms with E-state index >= 15 is 0 Å². The molecule has 1 unspecified atom stereocenters. The van der Waals surface area contributed by atoms with E-state index in [1.54, 1.807) is 35.4 Å². The molecular formula is C18H18BrN3O4. The maximum absolute atomic E-state index is 12.3. The highest BCUT2D eigenvalue weighted by atomic mass is 79.9. The minimum absolute atomic E-state index is 0.110. The fourth-order valence-electron chi connectivity index (χ4n) is 2.72. The number of likely N-dealkylation sites (tertiary alicyclic amines) is 1. The minimum Gasteiger partial charge on any atom is -0.467 e. The highest BCUT2D eigenvalue weighted by molar-refractivity contribution is 9.10. The summed E-state index contributed by atoms with van der Waals surface area (Å²) < 4.78 is 6.04. The summed E-state index contributed by atoms with van der Waals surface area (Å²) in [5, 5.41) is 0. The summed E-state index contributed by atoms with van der Waals surface area (Å²) in [4.78, 5) is 38.0. The van der Waals surface area contributed by atoms with Crippen LogP contribution in [0.3, 0.4) is 0 Å². The van der Waals surface area contributed by atoms with E-state index in [1.165, 1.54) is 0 Å². The van der Waals surface area contributed by atoms with Gasteiger partial charge in [-0.05, 0) is 36.8 Å². The molecule has 1 fully saturated rings. The Hall–Kier alpha value is -2.61. The topological polar surface area (TPSA) is 91.7 Å². The number of aryl methyl sites for hydroxylation is 1. The number of hydrazine groups is 1. The molecule has 1 aliphatic heterocycles. The summed E-state index contributed by atoms with van der Waals surface area (Å²) in [6.45, 7) is 2.54. The summed E-state index contributed by atoms with van der Waals surface area (Å²) in [6.07, 6.45) is 1.65. The molecule has 136 valence electrons. The summed E-state index contributed by atoms with van der Waals surface area (Å²) in [5.74, 6) is -0.772. The number of carbonyl (C=O) groups is 3. The van der Waals surface area contributed by atoms with Gasteiger partial charge in [-0.25, -0.2) is 0 Å². The lowest BCUT2D eigenvalue weighted by molar-refractivity contribution is -0.129. The highest BCUT2D eigenvalue weighted by Gasteiger charge is 2.34. The molecule has 1 saturated heterocycles. The first kappa shape index (κ1) is 18.2. The Balaban J connectivity index is 1.52. The van der Waals surface area contributed by atoms with Crippen molar-refractivity contribution < 1.29 is 18.8 Å². The van der Waals surface area contributed by atoms with Gasteiger partial charge in [-0.2, -0.15) is 0 Å². The average Bonchev–Trinajstić information content (AvgIpc) is 3.25. The van der Waals surface area contributed by atoms with Gasteiger partial charge in [0.05, 0.1) is 18.7 Å². The van der Waals surface area contributed by atoms with Gasteiger partial charge in [0.2, 0.25) is 11.8 Å². The molecule has 2 N–H and O–H groups in total. The smallest absolute Gasteiger partial charge is 0.269 e. The van der Waals surface area contributed by atoms with Crippen molar-refractivity contribution >= 4 is 33.7 Å². The fourth-order valence-corrected chi connectivity index (χ4v) is 3.10. The Morgan fingerprint density at radius 1 is 1.31 bits per heavy atom. The molecule has 26 heavy (non-hydrogen) atoms. The van der Waals surface area contributed by atoms with Gasteiger partial charge in [0.15, 0.2) is 0 Å². The molecule has 3 rings (SSSR count). The quantitative estimate of drug-likeness (QED) is 0.742. The fraction of sp³-hybridized carbons (Fsp3) is 0.278. The van der Waals surface area contributed by atoms with Gasteiger partial charge >= 0.3 is 0 Å². The second-order valence-electron chi connectivity index (χ2n) is 6.16. The summed E-state index contributed by atoms with van der Waals surface area (Å²) in [7, 11) is 0. The summed E-state index contributed by atoms with van der Waals surface area (Å²) in [6, 6.07) is 8.69. The van der Waals surface area contributed by atoms with Crippen LogP contribution >= 0.6 is 15.9 Å². The molecule has 1 aromatic heterocycles. The van der Waals surface area contributed by atoms with Crippen LogP contribution in [0.2, 0.25) is 0 Å². The van der Waals surface area contributed by atoms with Crippen LogP contribution in [0, 0.1) is 12.8 Å². The van der Waals surface area contributed by atoms with E-state index in [0.29, 0.717) is 17.9 Å². The van der Waals surface area contributed by atoms with Gasteiger partial charge in [-0.15, -0.1) is 0 Å². The van der Waals surface area contributed by atoms with Crippen LogP contribution in [0.15, 0.2) is 45.5 Å². The number of furan rings is 1. The molecule has 0 spiro atoms. The first-order valence-electron chi connectivity index (χ1n) is 8.10. The Labute approximate surface area is 158 Å². The standard InChI is InChI=1S/C18H18BrN3O4/c1-11-4-5-12(7-15(11)19)17(24)20-21-18(25)13-8-16(23)22(9-13)10-14-3-2-6-26-14/h2-7,13H,8-10H2,1H3,(H,20,24)(H,21,25). The van der Waals surface area contributed by atoms with E-state index in [2.05, 4.69) is 26.8 Å². The van der Waals surface area contributed by atoms with Crippen LogP contribution < -0.4 is 10.9 Å². The molecule has 3 amide bonds. The number of carbonyl (C=O) groups excluding carboxylic acids is 3. The third-order valence-corrected chi connectivity index (χ3v) is 5.10. The Kier molecular flexibility index (Phi) is 5.41. The number of rotatable bonds is 4. The molecule has 0 bridgehead atoms. The lowest BCUT2D eigenvalue weighted by Crippen LogP contribution is -2.45. The van der Waals surface area contributed by atoms with Crippen molar-refractivity contribution in [1.29, 1.82) is 0 Å². The number of benzene rings is 1. The monoisotopic (exact) mass is 419 g/mol. The van der Waals surface area contributed by atoms with Crippen molar-refractivity contribution in [2.75, 3.05) is 6.54 Å². The van der Waals surface area contributed by atoms with Crippen LogP contribution in [-0.4, -0.2) is 29.2 Å². The van der Waals surface area contributed by atoms with E-state index in [1.807, 2.05) is 13.0 Å². The van der Waals surface area contributed by atoms with Gasteiger partial charge in [0.1, 0.15) is 5.76 Å². The Morgan fingerprint density at radius 3 is 2.81 bits per heavy atom. The largest absolute Gasteiger partial charge is 0.467 e. The van der Waals surface area contributed by atoms with Crippen LogP contribution in [0.4, 0.5) is 0 Å². The number of amides is 3. The van der Waals surface area contributed by atoms with Crippen molar-refractivity contribution in [3.63, 3.8) is 0 Å². The molecule has 2 aromatic rings. The SMILES string of the molecule is Cc1ccc(C(=O)NNC(=O)C2CC(=O)N(Cc3ccco3)C2)cc1Br. The number of hydrogen-bond donors (Lipinski definition) is 2. The van der Waals surface area contributed by atoms with Crippen LogP contribution in [0.1, 0.15) is 28.1 Å². The van der Waals surface area contributed by atoms with Crippen molar-refractivity contribution in [3.05, 3.63) is 58.0 Å². The van der Waals surface area contributed by atoms with Crippen molar-refractivity contribution in [1.82, 2.24) is 15.8 Å². The van der Waals surface area contributed by atoms with Crippen molar-refractivity contribution in [2.45, 2.75) is 19.9 Å². The molecule has 1 aliphatic rings. The second-order valence-corrected chi connectivity index (χ2v) is 7.02. The van der Waals surface area contributed by atoms with E-state index in [9.17, 15) is 14.4 Å². The number of nitrogens with zero attached hydrogens (tertiary/aromatic N) is 1. The third-order valence-electron chi connectivity index (χ3n) is 4.25. The number of halogens is 1. The van der Waals surface area contributed by atoms with E-state index in [0.717, 1.165) is 10.0 Å². The van der Waals surface area contributed by atoms with Gasteiger partial charge in [-0.3, -0.25) is 25.2 Å². The molecule has 8 heteroatoms. The van der Waals surface area contributed by atoms with Gasteiger partial charge in [-0.1, -0.05) is 22.0 Å². The zero-order valence-electron chi connectivity index (χ0n) is 14.1. The lowest BCUT2D eigenvalue weighted by Gasteiger charge is -2.15. The van der Waals surface area contributed by atoms with Crippen molar-refractivity contribution in [2.24, 2.45) is 5.92 Å². The van der Waals surface area contributed by atoms with E-state index in [-0.39, 0.29) is 24.8 Å². The number of nitrogens with one attached hydrogen (secondary N) is 2. The third kappa shape index (κ3) is 4.13. The van der Waals surface area contributed by atoms with Gasteiger partial charge in [0, 0.05) is 23.0 Å². The molecule has 1 atom stereocenters. The summed E-state index contributed by atoms with van der Waals surface area (Å²) in [5.41, 5.74) is 6.22. The average molecular weight is 420 g/mol. The minimum atomic E-state index is -0.512. The van der Waals surface area contributed by atoms with Crippen LogP contribution in [-0.2, 0) is 16.1 Å². The molecule has 0 aliphatic carbocycles. The van der Waals surface area contributed by atoms with Gasteiger partial charge < -0.3 is 9.32 Å². The Morgan fingerprint density at radius 2 is 2.12 bits per heavy atom. The summed E-state index contributed by atoms with van der Waals surface area (Å²) >= 11 is 3.37. The second kappa shape index (κ2) is 7.74. The highest BCUT2D eigenvalue weighted by Crippen LogP contribution is 2.20. The molecule has 1 aromatic carbocycles. The van der Waals surface area contributed by atoms with E-state index in [4.69, 9.17) is 4.42 Å². The van der Waals surface area contributed by atoms with Gasteiger partial charge in [0.25, 0.3) is 5.91 Å². The molecule has 7 nitrogen and oxygen atoms in total. The van der Waals surface area contributed by atoms with E-state index < -0.39 is 11.8 Å². The zero-order chi connectivity index (χ0) is 18.7. The van der Waals surface area contributed by atoms with Crippen molar-refractivity contribution in [3.8, 4) is 0 Å². The Bertz CT molecular complexity index is 835.